The van der Waals surface area contributed by atoms with Crippen LogP contribution < -0.4 is 10.6 Å². The minimum atomic E-state index is -0.0266. The smallest absolute Gasteiger partial charge is 0.224 e. The van der Waals surface area contributed by atoms with Crippen LogP contribution >= 0.6 is 23.2 Å². The summed E-state index contributed by atoms with van der Waals surface area (Å²) in [6.07, 6.45) is 1.99. The molecule has 2 fully saturated rings. The summed E-state index contributed by atoms with van der Waals surface area (Å²) in [6, 6.07) is 5.44. The molecule has 4 nitrogen and oxygen atoms in total. The lowest BCUT2D eigenvalue weighted by atomic mass is 10.1. The van der Waals surface area contributed by atoms with E-state index < -0.39 is 0 Å². The van der Waals surface area contributed by atoms with Gasteiger partial charge in [-0.2, -0.15) is 0 Å². The molecule has 1 saturated heterocycles. The second-order valence-electron chi connectivity index (χ2n) is 5.66. The van der Waals surface area contributed by atoms with Crippen LogP contribution in [0.4, 0.5) is 0 Å². The first-order valence-electron chi connectivity index (χ1n) is 7.06. The fourth-order valence-corrected chi connectivity index (χ4v) is 3.34. The lowest BCUT2D eigenvalue weighted by Crippen LogP contribution is -2.48. The van der Waals surface area contributed by atoms with E-state index >= 15 is 0 Å². The minimum Gasteiger partial charge on any atom is -0.354 e. The highest BCUT2D eigenvalue weighted by atomic mass is 35.5. The highest BCUT2D eigenvalue weighted by Gasteiger charge is 2.45. The standard InChI is InChI=1S/C15H16Cl2N2O2/c16-8-1-3-10(13(17)5-8)11-6-12(11)15(21)19-9-2-4-14(20)18-7-9/h1,3,5,9,11-12H,2,4,6-7H2,(H,18,20)(H,19,21). The Kier molecular flexibility index (Phi) is 4.09. The van der Waals surface area contributed by atoms with Crippen molar-refractivity contribution in [1.29, 1.82) is 0 Å². The molecule has 6 heteroatoms. The first-order chi connectivity index (χ1) is 10.0. The SMILES string of the molecule is O=C1CCC(NC(=O)C2CC2c2ccc(Cl)cc2Cl)CN1. The molecule has 0 radical (unpaired) electrons. The van der Waals surface area contributed by atoms with E-state index in [-0.39, 0.29) is 29.7 Å². The van der Waals surface area contributed by atoms with Crippen molar-refractivity contribution in [3.05, 3.63) is 33.8 Å². The van der Waals surface area contributed by atoms with Gasteiger partial charge in [0, 0.05) is 35.0 Å². The lowest BCUT2D eigenvalue weighted by Gasteiger charge is -2.23. The first kappa shape index (κ1) is 14.7. The molecule has 2 N–H and O–H groups in total. The Morgan fingerprint density at radius 2 is 2.14 bits per heavy atom. The Labute approximate surface area is 133 Å². The van der Waals surface area contributed by atoms with Gasteiger partial charge in [-0.05, 0) is 36.5 Å². The maximum absolute atomic E-state index is 12.2. The summed E-state index contributed by atoms with van der Waals surface area (Å²) in [5.41, 5.74) is 0.984. The molecule has 112 valence electrons. The molecule has 1 aromatic carbocycles. The van der Waals surface area contributed by atoms with E-state index in [9.17, 15) is 9.59 Å². The summed E-state index contributed by atoms with van der Waals surface area (Å²) in [7, 11) is 0. The maximum Gasteiger partial charge on any atom is 0.224 e. The van der Waals surface area contributed by atoms with Gasteiger partial charge in [0.2, 0.25) is 11.8 Å². The van der Waals surface area contributed by atoms with E-state index in [0.29, 0.717) is 29.4 Å². The van der Waals surface area contributed by atoms with Crippen LogP contribution in [0.2, 0.25) is 10.0 Å². The number of nitrogens with one attached hydrogen (secondary N) is 2. The lowest BCUT2D eigenvalue weighted by molar-refractivity contribution is -0.126. The van der Waals surface area contributed by atoms with Gasteiger partial charge >= 0.3 is 0 Å². The third-order valence-electron chi connectivity index (χ3n) is 4.10. The molecule has 21 heavy (non-hydrogen) atoms. The molecular formula is C15H16Cl2N2O2. The summed E-state index contributed by atoms with van der Waals surface area (Å²) in [6.45, 7) is 0.518. The Balaban J connectivity index is 1.57. The van der Waals surface area contributed by atoms with Crippen LogP contribution in [-0.4, -0.2) is 24.4 Å². The van der Waals surface area contributed by atoms with E-state index in [2.05, 4.69) is 10.6 Å². The number of hydrogen-bond donors (Lipinski definition) is 2. The normalized spacial score (nSPS) is 27.9. The van der Waals surface area contributed by atoms with Crippen molar-refractivity contribution in [3.63, 3.8) is 0 Å². The fourth-order valence-electron chi connectivity index (χ4n) is 2.79. The molecule has 1 aliphatic heterocycles. The number of carbonyl (C=O) groups excluding carboxylic acids is 2. The van der Waals surface area contributed by atoms with Crippen LogP contribution in [0.3, 0.4) is 0 Å². The average Bonchev–Trinajstić information content (AvgIpc) is 3.21. The molecule has 1 saturated carbocycles. The predicted molar refractivity (Wildman–Crippen MR) is 81.5 cm³/mol. The molecule has 2 aliphatic rings. The second kappa shape index (κ2) is 5.85. The van der Waals surface area contributed by atoms with E-state index in [4.69, 9.17) is 23.2 Å². The predicted octanol–water partition coefficient (Wildman–Crippen LogP) is 2.49. The third-order valence-corrected chi connectivity index (χ3v) is 4.66. The number of amides is 2. The highest BCUT2D eigenvalue weighted by Crippen LogP contribution is 2.50. The average molecular weight is 327 g/mol. The van der Waals surface area contributed by atoms with Gasteiger partial charge in [-0.1, -0.05) is 29.3 Å². The van der Waals surface area contributed by atoms with E-state index in [1.807, 2.05) is 6.07 Å². The van der Waals surface area contributed by atoms with Gasteiger partial charge in [-0.3, -0.25) is 9.59 Å². The highest BCUT2D eigenvalue weighted by molar-refractivity contribution is 6.35. The Morgan fingerprint density at radius 3 is 2.81 bits per heavy atom. The number of carbonyl (C=O) groups is 2. The largest absolute Gasteiger partial charge is 0.354 e. The van der Waals surface area contributed by atoms with Crippen LogP contribution in [-0.2, 0) is 9.59 Å². The summed E-state index contributed by atoms with van der Waals surface area (Å²) in [5, 5.41) is 6.99. The Morgan fingerprint density at radius 1 is 1.33 bits per heavy atom. The minimum absolute atomic E-state index is 0.0266. The zero-order valence-electron chi connectivity index (χ0n) is 11.4. The van der Waals surface area contributed by atoms with Crippen LogP contribution in [0.1, 0.15) is 30.7 Å². The molecule has 1 aliphatic carbocycles. The molecule has 1 heterocycles. The quantitative estimate of drug-likeness (QED) is 0.896. The number of hydrogen-bond acceptors (Lipinski definition) is 2. The monoisotopic (exact) mass is 326 g/mol. The van der Waals surface area contributed by atoms with Crippen molar-refractivity contribution in [2.75, 3.05) is 6.54 Å². The maximum atomic E-state index is 12.2. The van der Waals surface area contributed by atoms with Crippen LogP contribution in [0.15, 0.2) is 18.2 Å². The Bertz CT molecular complexity index is 581. The molecule has 2 amide bonds. The van der Waals surface area contributed by atoms with Gasteiger partial charge < -0.3 is 10.6 Å². The molecule has 3 rings (SSSR count). The molecular weight excluding hydrogens is 311 g/mol. The van der Waals surface area contributed by atoms with Crippen molar-refractivity contribution in [3.8, 4) is 0 Å². The second-order valence-corrected chi connectivity index (χ2v) is 6.51. The Hall–Kier alpha value is -1.26. The third kappa shape index (κ3) is 3.33. The van der Waals surface area contributed by atoms with Crippen molar-refractivity contribution < 1.29 is 9.59 Å². The van der Waals surface area contributed by atoms with Gasteiger partial charge in [0.05, 0.1) is 0 Å². The number of rotatable bonds is 3. The summed E-state index contributed by atoms with van der Waals surface area (Å²) in [5.74, 6) is 0.249. The van der Waals surface area contributed by atoms with Crippen LogP contribution in [0.5, 0.6) is 0 Å². The van der Waals surface area contributed by atoms with Crippen molar-refractivity contribution >= 4 is 35.0 Å². The van der Waals surface area contributed by atoms with Crippen LogP contribution in [0.25, 0.3) is 0 Å². The molecule has 1 aromatic rings. The fraction of sp³-hybridized carbons (Fsp3) is 0.467. The van der Waals surface area contributed by atoms with E-state index in [1.54, 1.807) is 12.1 Å². The zero-order chi connectivity index (χ0) is 15.0. The van der Waals surface area contributed by atoms with Crippen molar-refractivity contribution in [2.45, 2.75) is 31.2 Å². The van der Waals surface area contributed by atoms with E-state index in [1.165, 1.54) is 0 Å². The van der Waals surface area contributed by atoms with Crippen molar-refractivity contribution in [1.82, 2.24) is 10.6 Å². The number of halogens is 2. The summed E-state index contributed by atoms with van der Waals surface area (Å²) in [4.78, 5) is 23.3. The molecule has 0 spiro atoms. The molecule has 0 aromatic heterocycles. The molecule has 3 atom stereocenters. The topological polar surface area (TPSA) is 58.2 Å². The van der Waals surface area contributed by atoms with Gasteiger partial charge in [0.25, 0.3) is 0 Å². The van der Waals surface area contributed by atoms with Gasteiger partial charge in [-0.15, -0.1) is 0 Å². The van der Waals surface area contributed by atoms with E-state index in [0.717, 1.165) is 12.0 Å². The summed E-state index contributed by atoms with van der Waals surface area (Å²) < 4.78 is 0. The van der Waals surface area contributed by atoms with Crippen LogP contribution in [0, 0.1) is 5.92 Å². The van der Waals surface area contributed by atoms with Gasteiger partial charge in [0.1, 0.15) is 0 Å². The summed E-state index contributed by atoms with van der Waals surface area (Å²) >= 11 is 12.1. The zero-order valence-corrected chi connectivity index (χ0v) is 12.9. The van der Waals surface area contributed by atoms with Crippen molar-refractivity contribution in [2.24, 2.45) is 5.92 Å². The van der Waals surface area contributed by atoms with Gasteiger partial charge in [-0.25, -0.2) is 0 Å². The molecule has 3 unspecified atom stereocenters. The van der Waals surface area contributed by atoms with Gasteiger partial charge in [0.15, 0.2) is 0 Å². The first-order valence-corrected chi connectivity index (χ1v) is 7.82. The number of piperidine rings is 1. The molecule has 0 bridgehead atoms. The number of benzene rings is 1.